The smallest absolute Gasteiger partial charge is 0.0251 e. The second-order valence-electron chi connectivity index (χ2n) is 2.58. The summed E-state index contributed by atoms with van der Waals surface area (Å²) >= 11 is 0. The zero-order valence-electron chi connectivity index (χ0n) is 4.43. The standard InChI is InChI=1S/C6H10N/c1-2-6-4-7(3-1)5-6/h3,6H,1-2,4-5H2. The van der Waals surface area contributed by atoms with Crippen LogP contribution in [0.1, 0.15) is 12.8 Å². The summed E-state index contributed by atoms with van der Waals surface area (Å²) in [5.74, 6) is 1.07. The van der Waals surface area contributed by atoms with Gasteiger partial charge in [-0.1, -0.05) is 0 Å². The molecule has 1 nitrogen and oxygen atoms in total. The highest BCUT2D eigenvalue weighted by Crippen LogP contribution is 2.28. The Morgan fingerprint density at radius 1 is 1.43 bits per heavy atom. The lowest BCUT2D eigenvalue weighted by atomic mass is 9.89. The highest BCUT2D eigenvalue weighted by molar-refractivity contribution is 4.90. The number of hydrogen-bond acceptors (Lipinski definition) is 1. The first-order valence-electron chi connectivity index (χ1n) is 3.02. The molecule has 0 aromatic rings. The number of fused-ring (bicyclic) bond motifs is 2. The molecule has 0 aromatic carbocycles. The molecule has 1 heteroatoms. The molecule has 0 N–H and O–H groups in total. The molecule has 7 heavy (non-hydrogen) atoms. The zero-order chi connectivity index (χ0) is 4.69. The van der Waals surface area contributed by atoms with Crippen LogP contribution in [0.25, 0.3) is 0 Å². The zero-order valence-corrected chi connectivity index (χ0v) is 4.43. The van der Waals surface area contributed by atoms with Gasteiger partial charge in [-0.3, -0.25) is 4.90 Å². The summed E-state index contributed by atoms with van der Waals surface area (Å²) < 4.78 is 0. The molecule has 3 aliphatic heterocycles. The van der Waals surface area contributed by atoms with E-state index >= 15 is 0 Å². The molecule has 2 bridgehead atoms. The molecule has 39 valence electrons. The Morgan fingerprint density at radius 2 is 2.29 bits per heavy atom. The Kier molecular flexibility index (Phi) is 0.680. The third-order valence-corrected chi connectivity index (χ3v) is 1.95. The Morgan fingerprint density at radius 3 is 2.43 bits per heavy atom. The van der Waals surface area contributed by atoms with Crippen molar-refractivity contribution in [2.75, 3.05) is 13.1 Å². The highest BCUT2D eigenvalue weighted by atomic mass is 15.2. The maximum absolute atomic E-state index is 2.41. The minimum Gasteiger partial charge on any atom is -0.298 e. The molecular formula is C6H10N. The van der Waals surface area contributed by atoms with Gasteiger partial charge in [0.05, 0.1) is 0 Å². The molecule has 3 rings (SSSR count). The number of nitrogens with zero attached hydrogens (tertiary/aromatic N) is 1. The highest BCUT2D eigenvalue weighted by Gasteiger charge is 2.30. The molecule has 0 aromatic heterocycles. The fraction of sp³-hybridized carbons (Fsp3) is 0.833. The minimum atomic E-state index is 1.07. The summed E-state index contributed by atoms with van der Waals surface area (Å²) in [6, 6.07) is 0. The van der Waals surface area contributed by atoms with Crippen molar-refractivity contribution in [3.05, 3.63) is 6.54 Å². The molecule has 0 saturated carbocycles. The molecule has 3 fully saturated rings. The van der Waals surface area contributed by atoms with Gasteiger partial charge in [-0.2, -0.15) is 0 Å². The van der Waals surface area contributed by atoms with Crippen LogP contribution < -0.4 is 0 Å². The number of rotatable bonds is 0. The summed E-state index contributed by atoms with van der Waals surface area (Å²) in [4.78, 5) is 2.41. The van der Waals surface area contributed by atoms with Crippen molar-refractivity contribution >= 4 is 0 Å². The second-order valence-corrected chi connectivity index (χ2v) is 2.58. The van der Waals surface area contributed by atoms with E-state index in [1.54, 1.807) is 0 Å². The van der Waals surface area contributed by atoms with Crippen LogP contribution in [0.3, 0.4) is 0 Å². The fourth-order valence-corrected chi connectivity index (χ4v) is 1.43. The lowest BCUT2D eigenvalue weighted by Gasteiger charge is -2.43. The van der Waals surface area contributed by atoms with Crippen molar-refractivity contribution in [1.82, 2.24) is 4.90 Å². The van der Waals surface area contributed by atoms with E-state index in [0.717, 1.165) is 5.92 Å². The molecule has 0 aliphatic carbocycles. The maximum Gasteiger partial charge on any atom is 0.0251 e. The van der Waals surface area contributed by atoms with Crippen molar-refractivity contribution < 1.29 is 0 Å². The van der Waals surface area contributed by atoms with Crippen LogP contribution in [-0.2, 0) is 0 Å². The molecule has 0 spiro atoms. The largest absolute Gasteiger partial charge is 0.298 e. The van der Waals surface area contributed by atoms with Gasteiger partial charge in [0.25, 0.3) is 0 Å². The predicted molar refractivity (Wildman–Crippen MR) is 28.6 cm³/mol. The van der Waals surface area contributed by atoms with E-state index in [-0.39, 0.29) is 0 Å². The van der Waals surface area contributed by atoms with E-state index in [4.69, 9.17) is 0 Å². The van der Waals surface area contributed by atoms with Crippen LogP contribution in [-0.4, -0.2) is 18.0 Å². The quantitative estimate of drug-likeness (QED) is 0.432. The van der Waals surface area contributed by atoms with Crippen molar-refractivity contribution in [3.8, 4) is 0 Å². The molecule has 3 saturated heterocycles. The van der Waals surface area contributed by atoms with Crippen molar-refractivity contribution in [1.29, 1.82) is 0 Å². The van der Waals surface area contributed by atoms with Gasteiger partial charge in [-0.25, -0.2) is 0 Å². The SMILES string of the molecule is [CH]1CCC2CN1C2. The van der Waals surface area contributed by atoms with Gasteiger partial charge < -0.3 is 0 Å². The molecule has 0 atom stereocenters. The van der Waals surface area contributed by atoms with Crippen LogP contribution in [0.2, 0.25) is 0 Å². The Balaban J connectivity index is 1.99. The lowest BCUT2D eigenvalue weighted by Crippen LogP contribution is -2.48. The van der Waals surface area contributed by atoms with Gasteiger partial charge in [0.15, 0.2) is 0 Å². The predicted octanol–water partition coefficient (Wildman–Crippen LogP) is 0.874. The average molecular weight is 96.2 g/mol. The van der Waals surface area contributed by atoms with Crippen molar-refractivity contribution in [3.63, 3.8) is 0 Å². The van der Waals surface area contributed by atoms with Crippen molar-refractivity contribution in [2.45, 2.75) is 12.8 Å². The van der Waals surface area contributed by atoms with E-state index < -0.39 is 0 Å². The summed E-state index contributed by atoms with van der Waals surface area (Å²) in [6.07, 6.45) is 2.79. The van der Waals surface area contributed by atoms with Gasteiger partial charge in [0.1, 0.15) is 0 Å². The Labute approximate surface area is 44.3 Å². The normalized spacial score (nSPS) is 48.0. The molecule has 0 unspecified atom stereocenters. The Hall–Kier alpha value is -0.0400. The minimum absolute atomic E-state index is 1.07. The van der Waals surface area contributed by atoms with Crippen LogP contribution in [0.4, 0.5) is 0 Å². The van der Waals surface area contributed by atoms with E-state index in [9.17, 15) is 0 Å². The monoisotopic (exact) mass is 96.1 g/mol. The first-order valence-corrected chi connectivity index (χ1v) is 3.02. The molecule has 0 amide bonds. The summed E-state index contributed by atoms with van der Waals surface area (Å²) in [5, 5.41) is 0. The van der Waals surface area contributed by atoms with E-state index in [2.05, 4.69) is 11.4 Å². The maximum atomic E-state index is 2.41. The third kappa shape index (κ3) is 0.480. The number of piperidine rings is 2. The van der Waals surface area contributed by atoms with Gasteiger partial charge in [0, 0.05) is 19.6 Å². The molecular weight excluding hydrogens is 86.1 g/mol. The van der Waals surface area contributed by atoms with E-state index in [1.807, 2.05) is 0 Å². The van der Waals surface area contributed by atoms with Crippen LogP contribution in [0, 0.1) is 12.5 Å². The summed E-state index contributed by atoms with van der Waals surface area (Å²) in [7, 11) is 0. The van der Waals surface area contributed by atoms with Gasteiger partial charge in [-0.15, -0.1) is 0 Å². The van der Waals surface area contributed by atoms with E-state index in [1.165, 1.54) is 25.9 Å². The van der Waals surface area contributed by atoms with Crippen LogP contribution >= 0.6 is 0 Å². The van der Waals surface area contributed by atoms with E-state index in [0.29, 0.717) is 0 Å². The van der Waals surface area contributed by atoms with Gasteiger partial charge in [-0.05, 0) is 18.8 Å². The van der Waals surface area contributed by atoms with Crippen LogP contribution in [0.15, 0.2) is 0 Å². The van der Waals surface area contributed by atoms with Crippen LogP contribution in [0.5, 0.6) is 0 Å². The third-order valence-electron chi connectivity index (χ3n) is 1.95. The first-order chi connectivity index (χ1) is 3.45. The summed E-state index contributed by atoms with van der Waals surface area (Å²) in [5.41, 5.74) is 0. The molecule has 1 radical (unpaired) electrons. The van der Waals surface area contributed by atoms with Gasteiger partial charge >= 0.3 is 0 Å². The fourth-order valence-electron chi connectivity index (χ4n) is 1.43. The topological polar surface area (TPSA) is 3.24 Å². The number of hydrogen-bond donors (Lipinski definition) is 0. The lowest BCUT2D eigenvalue weighted by molar-refractivity contribution is 0.0852. The van der Waals surface area contributed by atoms with Gasteiger partial charge in [0.2, 0.25) is 0 Å². The Bertz CT molecular complexity index is 60.7. The molecule has 3 aliphatic rings. The summed E-state index contributed by atoms with van der Waals surface area (Å²) in [6.45, 7) is 5.06. The average Bonchev–Trinajstić information content (AvgIpc) is 1.67. The molecule has 3 heterocycles. The first kappa shape index (κ1) is 3.90. The van der Waals surface area contributed by atoms with Crippen molar-refractivity contribution in [2.24, 2.45) is 5.92 Å². The second kappa shape index (κ2) is 1.22.